The van der Waals surface area contributed by atoms with Crippen LogP contribution in [0.1, 0.15) is 27.8 Å². The van der Waals surface area contributed by atoms with Crippen LogP contribution in [0, 0.1) is 18.6 Å². The van der Waals surface area contributed by atoms with Crippen LogP contribution < -0.4 is 4.74 Å². The molecule has 3 aromatic rings. The zero-order valence-corrected chi connectivity index (χ0v) is 14.8. The fourth-order valence-electron chi connectivity index (χ4n) is 2.81. The minimum absolute atomic E-state index is 0.243. The molecule has 0 spiro atoms. The van der Waals surface area contributed by atoms with E-state index in [4.69, 9.17) is 4.74 Å². The number of hydrogen-bond donors (Lipinski definition) is 0. The molecule has 0 atom stereocenters. The molecule has 3 aromatic carbocycles. The van der Waals surface area contributed by atoms with Gasteiger partial charge in [-0.3, -0.25) is 0 Å². The van der Waals surface area contributed by atoms with E-state index in [1.165, 1.54) is 18.2 Å². The maximum Gasteiger partial charge on any atom is 0.130 e. The van der Waals surface area contributed by atoms with Gasteiger partial charge in [0.2, 0.25) is 0 Å². The molecule has 0 heterocycles. The molecule has 3 heteroatoms. The number of rotatable bonds is 5. The lowest BCUT2D eigenvalue weighted by atomic mass is 10.0. The molecule has 0 saturated carbocycles. The molecule has 0 aromatic heterocycles. The molecular formula is C23H20F2O. The molecule has 0 amide bonds. The first-order valence-corrected chi connectivity index (χ1v) is 8.41. The van der Waals surface area contributed by atoms with Crippen molar-refractivity contribution in [2.45, 2.75) is 13.3 Å². The van der Waals surface area contributed by atoms with Gasteiger partial charge in [0.15, 0.2) is 0 Å². The van der Waals surface area contributed by atoms with Crippen molar-refractivity contribution in [3.05, 3.63) is 100 Å². The summed E-state index contributed by atoms with van der Waals surface area (Å²) in [7, 11) is 1.61. The lowest BCUT2D eigenvalue weighted by Gasteiger charge is -2.09. The number of hydrogen-bond acceptors (Lipinski definition) is 1. The summed E-state index contributed by atoms with van der Waals surface area (Å²) in [5, 5.41) is 0. The SMILES string of the molecule is COc1ccc(Cc2ccc(F)cc2)cc1/C=C/c1ccc(C)cc1F. The van der Waals surface area contributed by atoms with Gasteiger partial charge in [-0.25, -0.2) is 8.78 Å². The van der Waals surface area contributed by atoms with Crippen molar-refractivity contribution in [1.29, 1.82) is 0 Å². The second-order valence-corrected chi connectivity index (χ2v) is 6.24. The van der Waals surface area contributed by atoms with Crippen molar-refractivity contribution in [2.75, 3.05) is 7.11 Å². The zero-order valence-electron chi connectivity index (χ0n) is 14.8. The average Bonchev–Trinajstić information content (AvgIpc) is 2.63. The van der Waals surface area contributed by atoms with E-state index in [1.54, 1.807) is 31.4 Å². The standard InChI is InChI=1S/C23H20F2O/c1-16-3-7-19(22(25)13-16)8-9-20-15-18(6-12-23(20)26-2)14-17-4-10-21(24)11-5-17/h3-13,15H,14H2,1-2H3/b9-8+. The first kappa shape index (κ1) is 17.9. The Labute approximate surface area is 152 Å². The number of ether oxygens (including phenoxy) is 1. The normalized spacial score (nSPS) is 11.1. The van der Waals surface area contributed by atoms with Crippen molar-refractivity contribution < 1.29 is 13.5 Å². The van der Waals surface area contributed by atoms with Gasteiger partial charge in [-0.15, -0.1) is 0 Å². The molecule has 132 valence electrons. The molecule has 0 N–H and O–H groups in total. The number of benzene rings is 3. The molecule has 0 bridgehead atoms. The fraction of sp³-hybridized carbons (Fsp3) is 0.130. The summed E-state index contributed by atoms with van der Waals surface area (Å²) in [6, 6.07) is 17.5. The molecule has 0 aliphatic carbocycles. The van der Waals surface area contributed by atoms with Crippen LogP contribution in [0.2, 0.25) is 0 Å². The third kappa shape index (κ3) is 4.37. The maximum atomic E-state index is 14.0. The summed E-state index contributed by atoms with van der Waals surface area (Å²) in [6.07, 6.45) is 4.28. The molecule has 26 heavy (non-hydrogen) atoms. The first-order valence-electron chi connectivity index (χ1n) is 8.41. The molecule has 0 aliphatic heterocycles. The number of methoxy groups -OCH3 is 1. The predicted octanol–water partition coefficient (Wildman–Crippen LogP) is 6.04. The van der Waals surface area contributed by atoms with Gasteiger partial charge in [-0.2, -0.15) is 0 Å². The zero-order chi connectivity index (χ0) is 18.5. The summed E-state index contributed by atoms with van der Waals surface area (Å²) < 4.78 is 32.5. The van der Waals surface area contributed by atoms with E-state index in [0.29, 0.717) is 12.0 Å². The van der Waals surface area contributed by atoms with Crippen LogP contribution in [0.4, 0.5) is 8.78 Å². The number of halogens is 2. The Kier molecular flexibility index (Phi) is 5.47. The monoisotopic (exact) mass is 350 g/mol. The molecule has 0 aliphatic rings. The lowest BCUT2D eigenvalue weighted by molar-refractivity contribution is 0.413. The van der Waals surface area contributed by atoms with Crippen LogP contribution >= 0.6 is 0 Å². The highest BCUT2D eigenvalue weighted by molar-refractivity contribution is 5.73. The quantitative estimate of drug-likeness (QED) is 0.510. The van der Waals surface area contributed by atoms with Gasteiger partial charge in [-0.1, -0.05) is 42.5 Å². The van der Waals surface area contributed by atoms with Gasteiger partial charge in [0, 0.05) is 11.1 Å². The molecular weight excluding hydrogens is 330 g/mol. The van der Waals surface area contributed by atoms with Gasteiger partial charge in [0.05, 0.1) is 7.11 Å². The third-order valence-electron chi connectivity index (χ3n) is 4.21. The number of aryl methyl sites for hydroxylation is 1. The van der Waals surface area contributed by atoms with Crippen LogP contribution in [-0.4, -0.2) is 7.11 Å². The van der Waals surface area contributed by atoms with Gasteiger partial charge in [0.25, 0.3) is 0 Å². The van der Waals surface area contributed by atoms with E-state index >= 15 is 0 Å². The Bertz CT molecular complexity index is 927. The summed E-state index contributed by atoms with van der Waals surface area (Å²) in [5.74, 6) is 0.228. The summed E-state index contributed by atoms with van der Waals surface area (Å²) in [4.78, 5) is 0. The van der Waals surface area contributed by atoms with E-state index < -0.39 is 0 Å². The average molecular weight is 350 g/mol. The topological polar surface area (TPSA) is 9.23 Å². The van der Waals surface area contributed by atoms with E-state index in [-0.39, 0.29) is 11.6 Å². The maximum absolute atomic E-state index is 14.0. The third-order valence-corrected chi connectivity index (χ3v) is 4.21. The van der Waals surface area contributed by atoms with Crippen LogP contribution in [-0.2, 0) is 6.42 Å². The fourth-order valence-corrected chi connectivity index (χ4v) is 2.81. The highest BCUT2D eigenvalue weighted by atomic mass is 19.1. The van der Waals surface area contributed by atoms with E-state index in [9.17, 15) is 8.78 Å². The van der Waals surface area contributed by atoms with Crippen molar-refractivity contribution in [3.8, 4) is 5.75 Å². The highest BCUT2D eigenvalue weighted by Gasteiger charge is 2.05. The Hall–Kier alpha value is -2.94. The van der Waals surface area contributed by atoms with Crippen LogP contribution in [0.3, 0.4) is 0 Å². The minimum Gasteiger partial charge on any atom is -0.496 e. The highest BCUT2D eigenvalue weighted by Crippen LogP contribution is 2.24. The largest absolute Gasteiger partial charge is 0.496 e. The van der Waals surface area contributed by atoms with Gasteiger partial charge < -0.3 is 4.74 Å². The Morgan fingerprint density at radius 2 is 1.50 bits per heavy atom. The Balaban J connectivity index is 1.87. The van der Waals surface area contributed by atoms with Crippen molar-refractivity contribution in [2.24, 2.45) is 0 Å². The van der Waals surface area contributed by atoms with Crippen LogP contribution in [0.5, 0.6) is 5.75 Å². The summed E-state index contributed by atoms with van der Waals surface area (Å²) >= 11 is 0. The molecule has 0 saturated heterocycles. The predicted molar refractivity (Wildman–Crippen MR) is 102 cm³/mol. The van der Waals surface area contributed by atoms with Crippen molar-refractivity contribution in [3.63, 3.8) is 0 Å². The molecule has 1 nitrogen and oxygen atoms in total. The van der Waals surface area contributed by atoms with Crippen LogP contribution in [0.25, 0.3) is 12.2 Å². The molecule has 0 fully saturated rings. The van der Waals surface area contributed by atoms with Gasteiger partial charge >= 0.3 is 0 Å². The van der Waals surface area contributed by atoms with E-state index in [0.717, 1.165) is 28.0 Å². The first-order chi connectivity index (χ1) is 12.5. The van der Waals surface area contributed by atoms with E-state index in [2.05, 4.69) is 0 Å². The molecule has 0 radical (unpaired) electrons. The molecule has 0 unspecified atom stereocenters. The van der Waals surface area contributed by atoms with Crippen molar-refractivity contribution >= 4 is 12.2 Å². The minimum atomic E-state index is -0.248. The second kappa shape index (κ2) is 7.96. The lowest BCUT2D eigenvalue weighted by Crippen LogP contribution is -1.93. The smallest absolute Gasteiger partial charge is 0.130 e. The Morgan fingerprint density at radius 3 is 2.19 bits per heavy atom. The van der Waals surface area contributed by atoms with Crippen molar-refractivity contribution in [1.82, 2.24) is 0 Å². The Morgan fingerprint density at radius 1 is 0.808 bits per heavy atom. The van der Waals surface area contributed by atoms with Gasteiger partial charge in [0.1, 0.15) is 17.4 Å². The van der Waals surface area contributed by atoms with Crippen LogP contribution in [0.15, 0.2) is 60.7 Å². The summed E-state index contributed by atoms with van der Waals surface area (Å²) in [5.41, 5.74) is 4.38. The second-order valence-electron chi connectivity index (χ2n) is 6.24. The molecule has 3 rings (SSSR count). The van der Waals surface area contributed by atoms with E-state index in [1.807, 2.05) is 37.3 Å². The summed E-state index contributed by atoms with van der Waals surface area (Å²) in [6.45, 7) is 1.86. The van der Waals surface area contributed by atoms with Gasteiger partial charge in [-0.05, 0) is 60.4 Å².